The lowest BCUT2D eigenvalue weighted by molar-refractivity contribution is 0.262. The van der Waals surface area contributed by atoms with E-state index in [0.717, 1.165) is 17.9 Å². The van der Waals surface area contributed by atoms with Crippen LogP contribution in [0.1, 0.15) is 5.56 Å². The summed E-state index contributed by atoms with van der Waals surface area (Å²) in [7, 11) is 0. The molecule has 14 heavy (non-hydrogen) atoms. The van der Waals surface area contributed by atoms with Gasteiger partial charge in [-0.1, -0.05) is 24.3 Å². The van der Waals surface area contributed by atoms with E-state index in [2.05, 4.69) is 6.58 Å². The maximum Gasteiger partial charge on any atom is 0.123 e. The molecule has 1 atom stereocenters. The van der Waals surface area contributed by atoms with E-state index in [1.165, 1.54) is 0 Å². The summed E-state index contributed by atoms with van der Waals surface area (Å²) in [6.45, 7) is 5.14. The van der Waals surface area contributed by atoms with Gasteiger partial charge in [0.2, 0.25) is 0 Å². The van der Waals surface area contributed by atoms with E-state index in [1.807, 2.05) is 30.7 Å². The van der Waals surface area contributed by atoms with Crippen LogP contribution in [0.5, 0.6) is 5.75 Å². The van der Waals surface area contributed by atoms with Crippen molar-refractivity contribution < 1.29 is 9.47 Å². The monoisotopic (exact) mass is 189 g/mol. The van der Waals surface area contributed by atoms with Crippen molar-refractivity contribution in [2.45, 2.75) is 6.10 Å². The third-order valence-corrected chi connectivity index (χ3v) is 2.04. The maximum absolute atomic E-state index is 5.61. The largest absolute Gasteiger partial charge is 0.490 e. The van der Waals surface area contributed by atoms with Gasteiger partial charge in [-0.3, -0.25) is 0 Å². The van der Waals surface area contributed by atoms with Crippen molar-refractivity contribution in [3.63, 3.8) is 0 Å². The second kappa shape index (κ2) is 4.29. The quantitative estimate of drug-likeness (QED) is 0.662. The number of epoxide rings is 1. The maximum atomic E-state index is 5.61. The summed E-state index contributed by atoms with van der Waals surface area (Å²) in [5, 5.41) is 0. The van der Waals surface area contributed by atoms with Crippen LogP contribution in [-0.2, 0) is 4.74 Å². The Morgan fingerprint density at radius 2 is 2.29 bits per heavy atom. The van der Waals surface area contributed by atoms with Gasteiger partial charge in [-0.15, -0.1) is 6.58 Å². The van der Waals surface area contributed by atoms with E-state index in [9.17, 15) is 0 Å². The van der Waals surface area contributed by atoms with Gasteiger partial charge in [0.25, 0.3) is 0 Å². The molecule has 0 saturated carbocycles. The summed E-state index contributed by atoms with van der Waals surface area (Å²) < 4.78 is 10.7. The Bertz CT molecular complexity index is 316. The second-order valence-corrected chi connectivity index (χ2v) is 3.21. The molecule has 2 heteroatoms. The summed E-state index contributed by atoms with van der Waals surface area (Å²) >= 11 is 0. The number of benzene rings is 1. The molecule has 1 fully saturated rings. The van der Waals surface area contributed by atoms with Gasteiger partial charge in [0.15, 0.2) is 0 Å². The van der Waals surface area contributed by atoms with Crippen molar-refractivity contribution in [3.8, 4) is 5.75 Å². The molecule has 0 aliphatic carbocycles. The molecule has 1 aliphatic heterocycles. The van der Waals surface area contributed by atoms with Crippen LogP contribution in [0.2, 0.25) is 0 Å². The van der Waals surface area contributed by atoms with Crippen molar-refractivity contribution in [1.82, 2.24) is 0 Å². The van der Waals surface area contributed by atoms with Gasteiger partial charge in [0, 0.05) is 12.0 Å². The minimum Gasteiger partial charge on any atom is -0.490 e. The average molecular weight is 189 g/mol. The van der Waals surface area contributed by atoms with Crippen molar-refractivity contribution in [1.29, 1.82) is 0 Å². The minimum atomic E-state index is 0.298. The lowest BCUT2D eigenvalue weighted by Gasteiger charge is -2.08. The van der Waals surface area contributed by atoms with Gasteiger partial charge in [-0.05, 0) is 6.07 Å². The highest BCUT2D eigenvalue weighted by Crippen LogP contribution is 2.21. The first-order valence-corrected chi connectivity index (χ1v) is 4.69. The van der Waals surface area contributed by atoms with Crippen molar-refractivity contribution in [3.05, 3.63) is 48.9 Å². The number of ether oxygens (including phenoxy) is 2. The van der Waals surface area contributed by atoms with Gasteiger partial charge in [-0.2, -0.15) is 0 Å². The molecule has 1 saturated heterocycles. The summed E-state index contributed by atoms with van der Waals surface area (Å²) in [5.41, 5.74) is 1.06. The Kier molecular flexibility index (Phi) is 2.84. The minimum absolute atomic E-state index is 0.298. The Labute approximate surface area is 84.2 Å². The van der Waals surface area contributed by atoms with Crippen LogP contribution in [0.25, 0.3) is 0 Å². The molecular weight excluding hydrogens is 176 g/mol. The number of hydrogen-bond acceptors (Lipinski definition) is 2. The summed E-state index contributed by atoms with van der Waals surface area (Å²) in [5.74, 6) is 0.892. The van der Waals surface area contributed by atoms with E-state index in [-0.39, 0.29) is 0 Å². The predicted octanol–water partition coefficient (Wildman–Crippen LogP) is 2.20. The first-order chi connectivity index (χ1) is 6.90. The highest BCUT2D eigenvalue weighted by Gasteiger charge is 2.23. The molecule has 2 nitrogen and oxygen atoms in total. The SMILES string of the molecule is C=C[CH]c1ccccc1OCC1CO1. The second-order valence-electron chi connectivity index (χ2n) is 3.21. The van der Waals surface area contributed by atoms with Crippen molar-refractivity contribution >= 4 is 0 Å². The van der Waals surface area contributed by atoms with Crippen LogP contribution in [0, 0.1) is 6.42 Å². The molecule has 73 valence electrons. The van der Waals surface area contributed by atoms with Crippen molar-refractivity contribution in [2.75, 3.05) is 13.2 Å². The number of allylic oxidation sites excluding steroid dienone is 1. The first-order valence-electron chi connectivity index (χ1n) is 4.69. The van der Waals surface area contributed by atoms with Gasteiger partial charge < -0.3 is 9.47 Å². The standard InChI is InChI=1S/C12H13O2/c1-2-5-10-6-3-4-7-12(10)14-9-11-8-13-11/h2-7,11H,1,8-9H2. The van der Waals surface area contributed by atoms with Gasteiger partial charge >= 0.3 is 0 Å². The number of rotatable bonds is 5. The number of hydrogen-bond donors (Lipinski definition) is 0. The zero-order valence-electron chi connectivity index (χ0n) is 7.98. The molecule has 1 unspecified atom stereocenters. The van der Waals surface area contributed by atoms with E-state index in [1.54, 1.807) is 6.08 Å². The molecule has 0 amide bonds. The topological polar surface area (TPSA) is 21.8 Å². The summed E-state index contributed by atoms with van der Waals surface area (Å²) in [6, 6.07) is 7.90. The molecule has 0 bridgehead atoms. The van der Waals surface area contributed by atoms with E-state index >= 15 is 0 Å². The first kappa shape index (κ1) is 9.28. The molecule has 1 heterocycles. The fraction of sp³-hybridized carbons (Fsp3) is 0.250. The third-order valence-electron chi connectivity index (χ3n) is 2.04. The van der Waals surface area contributed by atoms with Gasteiger partial charge in [0.1, 0.15) is 18.5 Å². The molecule has 1 aliphatic rings. The molecule has 1 aromatic rings. The highest BCUT2D eigenvalue weighted by molar-refractivity contribution is 5.40. The third kappa shape index (κ3) is 2.36. The Morgan fingerprint density at radius 1 is 1.50 bits per heavy atom. The normalized spacial score (nSPS) is 19.0. The van der Waals surface area contributed by atoms with Gasteiger partial charge in [0.05, 0.1) is 6.61 Å². The smallest absolute Gasteiger partial charge is 0.123 e. The molecule has 1 radical (unpaired) electrons. The molecule has 0 spiro atoms. The van der Waals surface area contributed by atoms with Crippen LogP contribution in [0.15, 0.2) is 36.9 Å². The zero-order valence-corrected chi connectivity index (χ0v) is 7.98. The Morgan fingerprint density at radius 3 is 3.00 bits per heavy atom. The fourth-order valence-corrected chi connectivity index (χ4v) is 1.22. The fourth-order valence-electron chi connectivity index (χ4n) is 1.22. The van der Waals surface area contributed by atoms with E-state index in [0.29, 0.717) is 12.7 Å². The van der Waals surface area contributed by atoms with E-state index < -0.39 is 0 Å². The van der Waals surface area contributed by atoms with Crippen LogP contribution < -0.4 is 4.74 Å². The van der Waals surface area contributed by atoms with Gasteiger partial charge in [-0.25, -0.2) is 0 Å². The lowest BCUT2D eigenvalue weighted by Crippen LogP contribution is -2.05. The van der Waals surface area contributed by atoms with E-state index in [4.69, 9.17) is 9.47 Å². The van der Waals surface area contributed by atoms with Crippen LogP contribution >= 0.6 is 0 Å². The highest BCUT2D eigenvalue weighted by atomic mass is 16.6. The number of para-hydroxylation sites is 1. The van der Waals surface area contributed by atoms with Crippen LogP contribution in [0.3, 0.4) is 0 Å². The predicted molar refractivity (Wildman–Crippen MR) is 55.3 cm³/mol. The Hall–Kier alpha value is -1.28. The van der Waals surface area contributed by atoms with Crippen molar-refractivity contribution in [2.24, 2.45) is 0 Å². The molecule has 1 aromatic carbocycles. The average Bonchev–Trinajstić information content (AvgIpc) is 3.01. The molecule has 2 rings (SSSR count). The lowest BCUT2D eigenvalue weighted by atomic mass is 10.1. The van der Waals surface area contributed by atoms with Crippen LogP contribution in [-0.4, -0.2) is 19.3 Å². The summed E-state index contributed by atoms with van der Waals surface area (Å²) in [6.07, 6.45) is 3.99. The molecular formula is C12H13O2. The van der Waals surface area contributed by atoms with Crippen LogP contribution in [0.4, 0.5) is 0 Å². The molecule has 0 N–H and O–H groups in total. The zero-order chi connectivity index (χ0) is 9.80. The summed E-state index contributed by atoms with van der Waals surface area (Å²) in [4.78, 5) is 0. The Balaban J connectivity index is 2.01. The molecule has 0 aromatic heterocycles.